The van der Waals surface area contributed by atoms with Crippen molar-refractivity contribution in [2.24, 2.45) is 0 Å². The first-order chi connectivity index (χ1) is 12.3. The van der Waals surface area contributed by atoms with Crippen LogP contribution in [0.2, 0.25) is 10.0 Å². The largest absolute Gasteiger partial charge is 0.481 e. The Hall–Kier alpha value is -1.80. The van der Waals surface area contributed by atoms with Gasteiger partial charge >= 0.3 is 0 Å². The first-order valence-electron chi connectivity index (χ1n) is 7.73. The molecule has 0 saturated carbocycles. The van der Waals surface area contributed by atoms with Crippen LogP contribution in [0.1, 0.15) is 6.92 Å². The monoisotopic (exact) mass is 416 g/mol. The van der Waals surface area contributed by atoms with Crippen LogP contribution in [0.25, 0.3) is 0 Å². The highest BCUT2D eigenvalue weighted by molar-refractivity contribution is 7.89. The molecule has 0 aromatic heterocycles. The maximum Gasteiger partial charge on any atom is 0.260 e. The van der Waals surface area contributed by atoms with Crippen LogP contribution in [-0.4, -0.2) is 33.5 Å². The molecule has 26 heavy (non-hydrogen) atoms. The molecule has 2 aromatic rings. The van der Waals surface area contributed by atoms with Crippen LogP contribution in [0.3, 0.4) is 0 Å². The fourth-order valence-electron chi connectivity index (χ4n) is 1.98. The topological polar surface area (TPSA) is 84.5 Å². The SMILES string of the molecule is CC(Oc1ccc(Cl)cc1)C(=O)NCCNS(=O)(=O)c1ccc(Cl)cc1. The molecule has 0 aliphatic carbocycles. The summed E-state index contributed by atoms with van der Waals surface area (Å²) in [5.74, 6) is 0.158. The van der Waals surface area contributed by atoms with Crippen LogP contribution in [-0.2, 0) is 14.8 Å². The van der Waals surface area contributed by atoms with E-state index in [-0.39, 0.29) is 23.9 Å². The van der Waals surface area contributed by atoms with Crippen molar-refractivity contribution >= 4 is 39.1 Å². The summed E-state index contributed by atoms with van der Waals surface area (Å²) in [5, 5.41) is 3.63. The van der Waals surface area contributed by atoms with Crippen LogP contribution in [0, 0.1) is 0 Å². The highest BCUT2D eigenvalue weighted by Gasteiger charge is 2.16. The van der Waals surface area contributed by atoms with Gasteiger partial charge in [-0.25, -0.2) is 13.1 Å². The number of carbonyl (C=O) groups is 1. The van der Waals surface area contributed by atoms with Gasteiger partial charge in [0.05, 0.1) is 4.90 Å². The van der Waals surface area contributed by atoms with E-state index in [9.17, 15) is 13.2 Å². The van der Waals surface area contributed by atoms with Crippen LogP contribution >= 0.6 is 23.2 Å². The van der Waals surface area contributed by atoms with Gasteiger partial charge in [0.25, 0.3) is 5.91 Å². The lowest BCUT2D eigenvalue weighted by Gasteiger charge is -2.15. The fraction of sp³-hybridized carbons (Fsp3) is 0.235. The Labute approximate surface area is 162 Å². The minimum absolute atomic E-state index is 0.0460. The molecule has 1 atom stereocenters. The summed E-state index contributed by atoms with van der Waals surface area (Å²) >= 11 is 11.5. The molecule has 0 bridgehead atoms. The van der Waals surface area contributed by atoms with Crippen LogP contribution < -0.4 is 14.8 Å². The number of hydrogen-bond acceptors (Lipinski definition) is 4. The second-order valence-electron chi connectivity index (χ2n) is 5.36. The van der Waals surface area contributed by atoms with Crippen molar-refractivity contribution in [3.05, 3.63) is 58.6 Å². The van der Waals surface area contributed by atoms with E-state index in [1.54, 1.807) is 31.2 Å². The van der Waals surface area contributed by atoms with E-state index < -0.39 is 16.1 Å². The molecule has 140 valence electrons. The van der Waals surface area contributed by atoms with E-state index in [4.69, 9.17) is 27.9 Å². The normalized spacial score (nSPS) is 12.4. The molecule has 0 radical (unpaired) electrons. The Morgan fingerprint density at radius 2 is 1.54 bits per heavy atom. The number of halogens is 2. The van der Waals surface area contributed by atoms with Gasteiger partial charge in [-0.3, -0.25) is 4.79 Å². The molecule has 0 heterocycles. The first kappa shape index (κ1) is 20.5. The minimum atomic E-state index is -3.65. The van der Waals surface area contributed by atoms with Crippen LogP contribution in [0.4, 0.5) is 0 Å². The van der Waals surface area contributed by atoms with Crippen molar-refractivity contribution in [2.75, 3.05) is 13.1 Å². The van der Waals surface area contributed by atoms with Gasteiger partial charge in [0.15, 0.2) is 6.10 Å². The second kappa shape index (κ2) is 9.23. The van der Waals surface area contributed by atoms with Gasteiger partial charge < -0.3 is 10.1 Å². The molecule has 0 spiro atoms. The predicted octanol–water partition coefficient (Wildman–Crippen LogP) is 2.86. The summed E-state index contributed by atoms with van der Waals surface area (Å²) in [7, 11) is -3.65. The van der Waals surface area contributed by atoms with E-state index in [1.165, 1.54) is 24.3 Å². The molecule has 0 aliphatic rings. The van der Waals surface area contributed by atoms with Crippen molar-refractivity contribution < 1.29 is 17.9 Å². The van der Waals surface area contributed by atoms with Crippen molar-refractivity contribution in [1.29, 1.82) is 0 Å². The Morgan fingerprint density at radius 1 is 1.00 bits per heavy atom. The maximum absolute atomic E-state index is 12.1. The summed E-state index contributed by atoms with van der Waals surface area (Å²) in [6.45, 7) is 1.77. The molecular weight excluding hydrogens is 399 g/mol. The first-order valence-corrected chi connectivity index (χ1v) is 9.97. The molecule has 0 saturated heterocycles. The van der Waals surface area contributed by atoms with E-state index in [2.05, 4.69) is 10.0 Å². The molecule has 0 aliphatic heterocycles. The third-order valence-electron chi connectivity index (χ3n) is 3.34. The third kappa shape index (κ3) is 6.17. The number of rotatable bonds is 8. The number of benzene rings is 2. The quantitative estimate of drug-likeness (QED) is 0.647. The highest BCUT2D eigenvalue weighted by Crippen LogP contribution is 2.17. The number of carbonyl (C=O) groups excluding carboxylic acids is 1. The van der Waals surface area contributed by atoms with Crippen LogP contribution in [0.5, 0.6) is 5.75 Å². The van der Waals surface area contributed by atoms with E-state index >= 15 is 0 Å². The average molecular weight is 417 g/mol. The molecule has 2 rings (SSSR count). The molecular formula is C17H18Cl2N2O4S. The highest BCUT2D eigenvalue weighted by atomic mass is 35.5. The summed E-state index contributed by atoms with van der Waals surface area (Å²) in [6, 6.07) is 12.4. The number of amides is 1. The third-order valence-corrected chi connectivity index (χ3v) is 5.32. The summed E-state index contributed by atoms with van der Waals surface area (Å²) in [6.07, 6.45) is -0.732. The minimum Gasteiger partial charge on any atom is -0.481 e. The number of sulfonamides is 1. The number of ether oxygens (including phenoxy) is 1. The molecule has 1 unspecified atom stereocenters. The summed E-state index contributed by atoms with van der Waals surface area (Å²) in [4.78, 5) is 12.1. The van der Waals surface area contributed by atoms with Crippen molar-refractivity contribution in [1.82, 2.24) is 10.0 Å². The van der Waals surface area contributed by atoms with Crippen molar-refractivity contribution in [2.45, 2.75) is 17.9 Å². The van der Waals surface area contributed by atoms with Crippen molar-refractivity contribution in [3.63, 3.8) is 0 Å². The van der Waals surface area contributed by atoms with E-state index in [1.807, 2.05) is 0 Å². The summed E-state index contributed by atoms with van der Waals surface area (Å²) in [5.41, 5.74) is 0. The Bertz CT molecular complexity index is 840. The maximum atomic E-state index is 12.1. The molecule has 9 heteroatoms. The molecule has 2 aromatic carbocycles. The Balaban J connectivity index is 1.77. The zero-order chi connectivity index (χ0) is 19.2. The van der Waals surface area contributed by atoms with Crippen LogP contribution in [0.15, 0.2) is 53.4 Å². The Morgan fingerprint density at radius 3 is 2.12 bits per heavy atom. The van der Waals surface area contributed by atoms with Gasteiger partial charge in [-0.1, -0.05) is 23.2 Å². The molecule has 1 amide bonds. The zero-order valence-electron chi connectivity index (χ0n) is 13.9. The lowest BCUT2D eigenvalue weighted by Crippen LogP contribution is -2.40. The summed E-state index contributed by atoms with van der Waals surface area (Å²) < 4.78 is 32.1. The van der Waals surface area contributed by atoms with Gasteiger partial charge in [-0.15, -0.1) is 0 Å². The fourth-order valence-corrected chi connectivity index (χ4v) is 3.27. The number of hydrogen-bond donors (Lipinski definition) is 2. The van der Waals surface area contributed by atoms with Gasteiger partial charge in [0.1, 0.15) is 5.75 Å². The van der Waals surface area contributed by atoms with Gasteiger partial charge in [0.2, 0.25) is 10.0 Å². The second-order valence-corrected chi connectivity index (χ2v) is 8.00. The van der Waals surface area contributed by atoms with E-state index in [0.717, 1.165) is 0 Å². The van der Waals surface area contributed by atoms with Gasteiger partial charge in [0, 0.05) is 23.1 Å². The molecule has 6 nitrogen and oxygen atoms in total. The lowest BCUT2D eigenvalue weighted by molar-refractivity contribution is -0.127. The lowest BCUT2D eigenvalue weighted by atomic mass is 10.3. The van der Waals surface area contributed by atoms with Crippen molar-refractivity contribution in [3.8, 4) is 5.75 Å². The molecule has 0 fully saturated rings. The smallest absolute Gasteiger partial charge is 0.260 e. The van der Waals surface area contributed by atoms with Gasteiger partial charge in [-0.05, 0) is 55.5 Å². The van der Waals surface area contributed by atoms with E-state index in [0.29, 0.717) is 15.8 Å². The average Bonchev–Trinajstić information content (AvgIpc) is 2.61. The van der Waals surface area contributed by atoms with Gasteiger partial charge in [-0.2, -0.15) is 0 Å². The molecule has 2 N–H and O–H groups in total. The predicted molar refractivity (Wildman–Crippen MR) is 101 cm³/mol. The Kier molecular flexibility index (Phi) is 7.28. The standard InChI is InChI=1S/C17H18Cl2N2O4S/c1-12(25-15-6-2-13(18)3-7-15)17(22)20-10-11-21-26(23,24)16-8-4-14(19)5-9-16/h2-9,12,21H,10-11H2,1H3,(H,20,22). The zero-order valence-corrected chi connectivity index (χ0v) is 16.2. The number of nitrogens with one attached hydrogen (secondary N) is 2.